The molecular formula is C27H25NO. The molecule has 29 heavy (non-hydrogen) atoms. The van der Waals surface area contributed by atoms with E-state index in [2.05, 4.69) is 85.9 Å². The highest BCUT2D eigenvalue weighted by Gasteiger charge is 2.64. The number of para-hydroxylation sites is 1. The molecule has 5 rings (SSSR count). The SMILES string of the molecule is CC[C@]12Nc3ccccc3[C@](CC)(C1=O)C(c1ccccc1)=C2c1ccccc1. The van der Waals surface area contributed by atoms with Gasteiger partial charge in [0.05, 0.1) is 5.41 Å². The first-order chi connectivity index (χ1) is 14.2. The van der Waals surface area contributed by atoms with E-state index in [9.17, 15) is 4.79 Å². The molecule has 2 aliphatic rings. The van der Waals surface area contributed by atoms with Crippen molar-refractivity contribution in [1.29, 1.82) is 0 Å². The number of Topliss-reactive ketones (excluding diaryl/α,β-unsaturated/α-hetero) is 1. The van der Waals surface area contributed by atoms with Gasteiger partial charge in [0.2, 0.25) is 0 Å². The summed E-state index contributed by atoms with van der Waals surface area (Å²) in [6.07, 6.45) is 1.45. The second-order valence-electron chi connectivity index (χ2n) is 8.00. The molecule has 2 bridgehead atoms. The fourth-order valence-corrected chi connectivity index (χ4v) is 5.53. The van der Waals surface area contributed by atoms with Gasteiger partial charge in [-0.05, 0) is 46.7 Å². The van der Waals surface area contributed by atoms with Crippen LogP contribution in [-0.4, -0.2) is 11.3 Å². The van der Waals surface area contributed by atoms with E-state index in [1.807, 2.05) is 18.2 Å². The Morgan fingerprint density at radius 3 is 1.83 bits per heavy atom. The zero-order valence-electron chi connectivity index (χ0n) is 16.9. The third kappa shape index (κ3) is 2.20. The van der Waals surface area contributed by atoms with Crippen molar-refractivity contribution in [3.8, 4) is 0 Å². The molecule has 0 saturated carbocycles. The van der Waals surface area contributed by atoms with Crippen LogP contribution in [0.3, 0.4) is 0 Å². The lowest BCUT2D eigenvalue weighted by atomic mass is 9.65. The number of carbonyl (C=O) groups is 1. The molecule has 1 aliphatic carbocycles. The normalized spacial score (nSPS) is 25.0. The maximum atomic E-state index is 14.3. The fourth-order valence-electron chi connectivity index (χ4n) is 5.53. The summed E-state index contributed by atoms with van der Waals surface area (Å²) in [6, 6.07) is 29.3. The van der Waals surface area contributed by atoms with Gasteiger partial charge in [-0.25, -0.2) is 0 Å². The van der Waals surface area contributed by atoms with E-state index >= 15 is 0 Å². The first-order valence-electron chi connectivity index (χ1n) is 10.5. The molecule has 2 atom stereocenters. The number of allylic oxidation sites excluding steroid dienone is 1. The van der Waals surface area contributed by atoms with Crippen LogP contribution in [0.5, 0.6) is 0 Å². The van der Waals surface area contributed by atoms with Crippen LogP contribution in [0.25, 0.3) is 11.1 Å². The van der Waals surface area contributed by atoms with Gasteiger partial charge in [0.25, 0.3) is 0 Å². The zero-order valence-corrected chi connectivity index (χ0v) is 16.9. The minimum Gasteiger partial charge on any atom is -0.369 e. The van der Waals surface area contributed by atoms with Crippen LogP contribution in [0, 0.1) is 0 Å². The molecule has 0 aromatic heterocycles. The van der Waals surface area contributed by atoms with Gasteiger partial charge >= 0.3 is 0 Å². The molecule has 0 unspecified atom stereocenters. The van der Waals surface area contributed by atoms with E-state index in [1.165, 1.54) is 0 Å². The average Bonchev–Trinajstić information content (AvgIpc) is 2.93. The van der Waals surface area contributed by atoms with E-state index in [0.717, 1.165) is 39.9 Å². The smallest absolute Gasteiger partial charge is 0.177 e. The van der Waals surface area contributed by atoms with Crippen molar-refractivity contribution in [2.75, 3.05) is 5.32 Å². The Hall–Kier alpha value is -3.13. The van der Waals surface area contributed by atoms with Crippen molar-refractivity contribution in [3.63, 3.8) is 0 Å². The van der Waals surface area contributed by atoms with Crippen molar-refractivity contribution < 1.29 is 4.79 Å². The minimum atomic E-state index is -0.711. The number of ketones is 1. The lowest BCUT2D eigenvalue weighted by Crippen LogP contribution is -2.54. The summed E-state index contributed by atoms with van der Waals surface area (Å²) >= 11 is 0. The summed E-state index contributed by atoms with van der Waals surface area (Å²) in [6.45, 7) is 4.27. The molecular weight excluding hydrogens is 354 g/mol. The van der Waals surface area contributed by atoms with Crippen LogP contribution in [0.1, 0.15) is 43.4 Å². The van der Waals surface area contributed by atoms with Crippen molar-refractivity contribution in [1.82, 2.24) is 0 Å². The second kappa shape index (κ2) is 6.45. The second-order valence-corrected chi connectivity index (χ2v) is 8.00. The molecule has 0 amide bonds. The van der Waals surface area contributed by atoms with Crippen LogP contribution in [0.4, 0.5) is 5.69 Å². The number of hydrogen-bond donors (Lipinski definition) is 1. The largest absolute Gasteiger partial charge is 0.369 e. The van der Waals surface area contributed by atoms with Gasteiger partial charge in [-0.2, -0.15) is 0 Å². The quantitative estimate of drug-likeness (QED) is 0.593. The van der Waals surface area contributed by atoms with Crippen molar-refractivity contribution in [2.45, 2.75) is 37.6 Å². The van der Waals surface area contributed by atoms with Crippen molar-refractivity contribution >= 4 is 22.6 Å². The van der Waals surface area contributed by atoms with Crippen LogP contribution >= 0.6 is 0 Å². The highest BCUT2D eigenvalue weighted by Crippen LogP contribution is 2.62. The average molecular weight is 380 g/mol. The van der Waals surface area contributed by atoms with Crippen molar-refractivity contribution in [2.24, 2.45) is 0 Å². The summed E-state index contributed by atoms with van der Waals surface area (Å²) in [5.41, 5.74) is 5.39. The molecule has 2 heteroatoms. The van der Waals surface area contributed by atoms with Gasteiger partial charge in [0.15, 0.2) is 5.78 Å². The van der Waals surface area contributed by atoms with E-state index in [0.29, 0.717) is 6.42 Å². The van der Waals surface area contributed by atoms with Crippen molar-refractivity contribution in [3.05, 3.63) is 102 Å². The third-order valence-electron chi connectivity index (χ3n) is 6.80. The first-order valence-corrected chi connectivity index (χ1v) is 10.5. The monoisotopic (exact) mass is 379 g/mol. The number of benzene rings is 3. The molecule has 1 N–H and O–H groups in total. The number of rotatable bonds is 4. The predicted molar refractivity (Wildman–Crippen MR) is 120 cm³/mol. The molecule has 1 aliphatic heterocycles. The Bertz CT molecular complexity index is 1120. The summed E-state index contributed by atoms with van der Waals surface area (Å²) in [4.78, 5) is 14.3. The van der Waals surface area contributed by atoms with E-state index in [1.54, 1.807) is 0 Å². The molecule has 2 nitrogen and oxygen atoms in total. The van der Waals surface area contributed by atoms with E-state index in [4.69, 9.17) is 0 Å². The standard InChI is InChI=1S/C27H25NO/c1-3-26-21-17-11-12-18-22(21)28-27(4-2,25(26)29)24(20-15-9-6-10-16-20)23(26)19-13-7-5-8-14-19/h5-18,28H,3-4H2,1-2H3/t26-,27+/m0/s1. The molecule has 1 heterocycles. The summed E-state index contributed by atoms with van der Waals surface area (Å²) in [7, 11) is 0. The Balaban J connectivity index is 1.96. The van der Waals surface area contributed by atoms with E-state index < -0.39 is 11.0 Å². The number of nitrogens with one attached hydrogen (secondary N) is 1. The Morgan fingerprint density at radius 2 is 1.24 bits per heavy atom. The lowest BCUT2D eigenvalue weighted by molar-refractivity contribution is -0.125. The fraction of sp³-hybridized carbons (Fsp3) is 0.222. The Labute approximate surface area is 172 Å². The van der Waals surface area contributed by atoms with Gasteiger partial charge < -0.3 is 5.32 Å². The zero-order chi connectivity index (χ0) is 20.1. The van der Waals surface area contributed by atoms with Crippen LogP contribution < -0.4 is 5.32 Å². The molecule has 0 spiro atoms. The van der Waals surface area contributed by atoms with Crippen LogP contribution in [-0.2, 0) is 10.2 Å². The Morgan fingerprint density at radius 1 is 0.690 bits per heavy atom. The molecule has 3 aromatic carbocycles. The van der Waals surface area contributed by atoms with Gasteiger partial charge in [0, 0.05) is 5.69 Å². The molecule has 3 aromatic rings. The molecule has 0 saturated heterocycles. The van der Waals surface area contributed by atoms with Gasteiger partial charge in [0.1, 0.15) is 5.54 Å². The summed E-state index contributed by atoms with van der Waals surface area (Å²) < 4.78 is 0. The highest BCUT2D eigenvalue weighted by atomic mass is 16.1. The van der Waals surface area contributed by atoms with Crippen LogP contribution in [0.15, 0.2) is 84.9 Å². The highest BCUT2D eigenvalue weighted by molar-refractivity contribution is 6.30. The van der Waals surface area contributed by atoms with Gasteiger partial charge in [-0.15, -0.1) is 0 Å². The molecule has 144 valence electrons. The number of fused-ring (bicyclic) bond motifs is 4. The molecule has 0 radical (unpaired) electrons. The summed E-state index contributed by atoms with van der Waals surface area (Å²) in [5.74, 6) is 0.284. The first kappa shape index (κ1) is 17.9. The number of anilines is 1. The van der Waals surface area contributed by atoms with Crippen LogP contribution in [0.2, 0.25) is 0 Å². The third-order valence-corrected chi connectivity index (χ3v) is 6.80. The number of carbonyl (C=O) groups excluding carboxylic acids is 1. The predicted octanol–water partition coefficient (Wildman–Crippen LogP) is 6.10. The minimum absolute atomic E-state index is 0.284. The number of hydrogen-bond acceptors (Lipinski definition) is 2. The topological polar surface area (TPSA) is 29.1 Å². The Kier molecular flexibility index (Phi) is 3.99. The molecule has 0 fully saturated rings. The maximum absolute atomic E-state index is 14.3. The van der Waals surface area contributed by atoms with Gasteiger partial charge in [-0.3, -0.25) is 4.79 Å². The lowest BCUT2D eigenvalue weighted by Gasteiger charge is -2.42. The maximum Gasteiger partial charge on any atom is 0.177 e. The summed E-state index contributed by atoms with van der Waals surface area (Å²) in [5, 5.41) is 3.70. The van der Waals surface area contributed by atoms with E-state index in [-0.39, 0.29) is 5.78 Å². The van der Waals surface area contributed by atoms with Gasteiger partial charge in [-0.1, -0.05) is 92.7 Å².